The van der Waals surface area contributed by atoms with Gasteiger partial charge >= 0.3 is 0 Å². The van der Waals surface area contributed by atoms with Crippen molar-refractivity contribution in [3.05, 3.63) is 81.4 Å². The summed E-state index contributed by atoms with van der Waals surface area (Å²) in [6.45, 7) is 4.39. The average molecular weight is 462 g/mol. The van der Waals surface area contributed by atoms with Gasteiger partial charge in [-0.05, 0) is 63.8 Å². The summed E-state index contributed by atoms with van der Waals surface area (Å²) in [6, 6.07) is 18.5. The number of hydrogen-bond acceptors (Lipinski definition) is 0. The fourth-order valence-electron chi connectivity index (χ4n) is 2.99. The number of rotatable bonds is 5. The first-order valence-corrected chi connectivity index (χ1v) is 9.90. The lowest BCUT2D eigenvalue weighted by molar-refractivity contribution is 0.514. The molecule has 1 atom stereocenters. The van der Waals surface area contributed by atoms with E-state index >= 15 is 0 Å². The molecule has 0 aromatic heterocycles. The van der Waals surface area contributed by atoms with Gasteiger partial charge in [0.1, 0.15) is 0 Å². The third-order valence-electron chi connectivity index (χ3n) is 4.78. The summed E-state index contributed by atoms with van der Waals surface area (Å²) in [4.78, 5) is 0. The van der Waals surface area contributed by atoms with E-state index in [2.05, 4.69) is 36.4 Å². The highest BCUT2D eigenvalue weighted by atomic mass is 127. The van der Waals surface area contributed by atoms with Gasteiger partial charge in [0.2, 0.25) is 0 Å². The molecule has 0 amide bonds. The Morgan fingerprint density at radius 1 is 0.769 bits per heavy atom. The van der Waals surface area contributed by atoms with Crippen LogP contribution in [0.2, 0.25) is 0 Å². The van der Waals surface area contributed by atoms with E-state index in [1.807, 2.05) is 48.5 Å². The molecule has 3 heteroatoms. The molecule has 0 aliphatic heterocycles. The van der Waals surface area contributed by atoms with Crippen LogP contribution in [0, 0.1) is 21.1 Å². The molecule has 3 aromatic carbocycles. The number of benzene rings is 3. The molecule has 0 fully saturated rings. The van der Waals surface area contributed by atoms with Crippen LogP contribution in [0.25, 0.3) is 22.3 Å². The summed E-state index contributed by atoms with van der Waals surface area (Å²) < 4.78 is 30.4. The Balaban J connectivity index is 1.92. The maximum absolute atomic E-state index is 14.7. The lowest BCUT2D eigenvalue weighted by atomic mass is 9.95. The Labute approximate surface area is 167 Å². The van der Waals surface area contributed by atoms with E-state index in [1.165, 1.54) is 5.56 Å². The number of hydrogen-bond donors (Lipinski definition) is 0. The fourth-order valence-corrected chi connectivity index (χ4v) is 3.35. The summed E-state index contributed by atoms with van der Waals surface area (Å²) in [7, 11) is 0. The Hall–Kier alpha value is -1.75. The predicted molar refractivity (Wildman–Crippen MR) is 113 cm³/mol. The van der Waals surface area contributed by atoms with Crippen molar-refractivity contribution in [3.63, 3.8) is 0 Å². The predicted octanol–water partition coefficient (Wildman–Crippen LogP) is 7.49. The first-order chi connectivity index (χ1) is 12.5. The van der Waals surface area contributed by atoms with Gasteiger partial charge in [-0.15, -0.1) is 0 Å². The van der Waals surface area contributed by atoms with E-state index in [-0.39, 0.29) is 5.56 Å². The molecule has 3 aromatic rings. The van der Waals surface area contributed by atoms with Crippen LogP contribution < -0.4 is 0 Å². The van der Waals surface area contributed by atoms with Crippen molar-refractivity contribution in [3.8, 4) is 22.3 Å². The largest absolute Gasteiger partial charge is 0.203 e. The second-order valence-corrected chi connectivity index (χ2v) is 7.96. The van der Waals surface area contributed by atoms with Gasteiger partial charge in [-0.1, -0.05) is 68.8 Å². The molecule has 0 heterocycles. The molecule has 134 valence electrons. The molecule has 0 aliphatic rings. The van der Waals surface area contributed by atoms with Gasteiger partial charge in [0.15, 0.2) is 11.6 Å². The smallest absolute Gasteiger partial charge is 0.167 e. The Morgan fingerprint density at radius 2 is 1.23 bits per heavy atom. The van der Waals surface area contributed by atoms with E-state index in [9.17, 15) is 8.78 Å². The van der Waals surface area contributed by atoms with Crippen molar-refractivity contribution in [2.75, 3.05) is 0 Å². The van der Waals surface area contributed by atoms with Crippen LogP contribution in [0.4, 0.5) is 8.78 Å². The van der Waals surface area contributed by atoms with Crippen LogP contribution in [0.15, 0.2) is 60.7 Å². The van der Waals surface area contributed by atoms with Crippen LogP contribution in [-0.4, -0.2) is 0 Å². The molecule has 3 rings (SSSR count). The van der Waals surface area contributed by atoms with Gasteiger partial charge < -0.3 is 0 Å². The SMILES string of the molecule is CC[C@@H](C)Cc1ccc(-c2ccc(-c3ccc(I)cc3)c(F)c2F)cc1. The molecule has 0 unspecified atom stereocenters. The van der Waals surface area contributed by atoms with Gasteiger partial charge in [-0.2, -0.15) is 0 Å². The zero-order valence-corrected chi connectivity index (χ0v) is 17.1. The first-order valence-electron chi connectivity index (χ1n) is 8.82. The van der Waals surface area contributed by atoms with E-state index in [4.69, 9.17) is 0 Å². The molecular weight excluding hydrogens is 441 g/mol. The van der Waals surface area contributed by atoms with Crippen molar-refractivity contribution in [1.82, 2.24) is 0 Å². The van der Waals surface area contributed by atoms with Crippen LogP contribution >= 0.6 is 22.6 Å². The van der Waals surface area contributed by atoms with Gasteiger partial charge in [0, 0.05) is 14.7 Å². The van der Waals surface area contributed by atoms with E-state index in [1.54, 1.807) is 12.1 Å². The summed E-state index contributed by atoms with van der Waals surface area (Å²) >= 11 is 2.19. The van der Waals surface area contributed by atoms with Crippen molar-refractivity contribution in [2.45, 2.75) is 26.7 Å². The number of halogens is 3. The molecule has 0 bridgehead atoms. The highest BCUT2D eigenvalue weighted by molar-refractivity contribution is 14.1. The van der Waals surface area contributed by atoms with Crippen LogP contribution in [0.5, 0.6) is 0 Å². The Bertz CT molecular complexity index is 883. The molecule has 0 N–H and O–H groups in total. The molecular formula is C23H21F2I. The molecule has 26 heavy (non-hydrogen) atoms. The molecule has 0 radical (unpaired) electrons. The first kappa shape index (κ1) is 19.0. The summed E-state index contributed by atoms with van der Waals surface area (Å²) in [6.07, 6.45) is 2.13. The third kappa shape index (κ3) is 4.14. The van der Waals surface area contributed by atoms with Crippen LogP contribution in [0.3, 0.4) is 0 Å². The minimum atomic E-state index is -0.799. The second-order valence-electron chi connectivity index (χ2n) is 6.71. The minimum Gasteiger partial charge on any atom is -0.203 e. The van der Waals surface area contributed by atoms with Gasteiger partial charge in [-0.25, -0.2) is 8.78 Å². The quantitative estimate of drug-likeness (QED) is 0.345. The Kier molecular flexibility index (Phi) is 6.07. The van der Waals surface area contributed by atoms with E-state index in [0.29, 0.717) is 22.6 Å². The maximum Gasteiger partial charge on any atom is 0.167 e. The second kappa shape index (κ2) is 8.30. The van der Waals surface area contributed by atoms with E-state index < -0.39 is 11.6 Å². The van der Waals surface area contributed by atoms with E-state index in [0.717, 1.165) is 16.4 Å². The zero-order chi connectivity index (χ0) is 18.7. The van der Waals surface area contributed by atoms with Crippen molar-refractivity contribution < 1.29 is 8.78 Å². The zero-order valence-electron chi connectivity index (χ0n) is 14.9. The highest BCUT2D eigenvalue weighted by Crippen LogP contribution is 2.32. The normalized spacial score (nSPS) is 12.2. The average Bonchev–Trinajstić information content (AvgIpc) is 2.65. The summed E-state index contributed by atoms with van der Waals surface area (Å²) in [5.41, 5.74) is 3.18. The fraction of sp³-hybridized carbons (Fsp3) is 0.217. The highest BCUT2D eigenvalue weighted by Gasteiger charge is 2.16. The van der Waals surface area contributed by atoms with Gasteiger partial charge in [-0.3, -0.25) is 0 Å². The topological polar surface area (TPSA) is 0 Å². The van der Waals surface area contributed by atoms with Crippen molar-refractivity contribution in [1.29, 1.82) is 0 Å². The van der Waals surface area contributed by atoms with Gasteiger partial charge in [0.05, 0.1) is 0 Å². The molecule has 0 nitrogen and oxygen atoms in total. The lowest BCUT2D eigenvalue weighted by Gasteiger charge is -2.11. The molecule has 0 aliphatic carbocycles. The van der Waals surface area contributed by atoms with Crippen LogP contribution in [-0.2, 0) is 6.42 Å². The molecule has 0 spiro atoms. The van der Waals surface area contributed by atoms with Crippen molar-refractivity contribution in [2.24, 2.45) is 5.92 Å². The molecule has 0 saturated carbocycles. The molecule has 0 saturated heterocycles. The summed E-state index contributed by atoms with van der Waals surface area (Å²) in [5, 5.41) is 0. The van der Waals surface area contributed by atoms with Crippen molar-refractivity contribution >= 4 is 22.6 Å². The van der Waals surface area contributed by atoms with Gasteiger partial charge in [0.25, 0.3) is 0 Å². The Morgan fingerprint density at radius 3 is 1.69 bits per heavy atom. The lowest BCUT2D eigenvalue weighted by Crippen LogP contribution is -1.98. The monoisotopic (exact) mass is 462 g/mol. The minimum absolute atomic E-state index is 0.288. The third-order valence-corrected chi connectivity index (χ3v) is 5.50. The maximum atomic E-state index is 14.7. The van der Waals surface area contributed by atoms with Crippen LogP contribution in [0.1, 0.15) is 25.8 Å². The summed E-state index contributed by atoms with van der Waals surface area (Å²) in [5.74, 6) is -0.980. The standard InChI is InChI=1S/C23H21F2I/c1-3-15(2)14-16-4-6-17(7-5-16)20-12-13-21(23(25)22(20)24)18-8-10-19(26)11-9-18/h4-13,15H,3,14H2,1-2H3/t15-/m1/s1.